The van der Waals surface area contributed by atoms with Gasteiger partial charge in [0.05, 0.1) is 0 Å². The van der Waals surface area contributed by atoms with Gasteiger partial charge in [-0.15, -0.1) is 0 Å². The van der Waals surface area contributed by atoms with Crippen LogP contribution in [0.2, 0.25) is 0 Å². The van der Waals surface area contributed by atoms with Gasteiger partial charge in [0.1, 0.15) is 0 Å². The second-order valence-electron chi connectivity index (χ2n) is 2.63. The zero-order chi connectivity index (χ0) is 7.40. The molecular weight excluding hydrogens is 169 g/mol. The molecule has 0 spiro atoms. The van der Waals surface area contributed by atoms with Crippen molar-refractivity contribution < 1.29 is 0 Å². The minimum Gasteiger partial charge on any atom is -0.311 e. The molecule has 0 amide bonds. The number of hydrogen-bond donors (Lipinski definition) is 1. The van der Waals surface area contributed by atoms with Gasteiger partial charge in [0.15, 0.2) is 0 Å². The molecule has 0 aromatic carbocycles. The fourth-order valence-electron chi connectivity index (χ4n) is 0.756. The zero-order valence-electron chi connectivity index (χ0n) is 5.74. The molecule has 1 rings (SSSR count). The molecule has 1 saturated carbocycles. The van der Waals surface area contributed by atoms with Crippen molar-refractivity contribution in [1.29, 1.82) is 0 Å². The Bertz CT molecular complexity index is 130. The molecule has 0 radical (unpaired) electrons. The molecule has 0 atom stereocenters. The monoisotopic (exact) mass is 179 g/mol. The second kappa shape index (κ2) is 4.22. The molecule has 1 aliphatic rings. The van der Waals surface area contributed by atoms with Gasteiger partial charge in [0, 0.05) is 17.1 Å². The predicted octanol–water partition coefficient (Wildman–Crippen LogP) is 2.31. The Kier molecular flexibility index (Phi) is 3.53. The van der Waals surface area contributed by atoms with E-state index in [9.17, 15) is 0 Å². The van der Waals surface area contributed by atoms with E-state index in [1.54, 1.807) is 0 Å². The minimum atomic E-state index is 0.683. The smallest absolute Gasteiger partial charge is 0.0431 e. The summed E-state index contributed by atoms with van der Waals surface area (Å²) in [6, 6.07) is 0. The molecule has 1 nitrogen and oxygen atoms in total. The maximum Gasteiger partial charge on any atom is 0.0431 e. The summed E-state index contributed by atoms with van der Waals surface area (Å²) in [5.41, 5.74) is 1.40. The largest absolute Gasteiger partial charge is 0.311 e. The highest BCUT2D eigenvalue weighted by Crippen LogP contribution is 2.27. The lowest BCUT2D eigenvalue weighted by molar-refractivity contribution is 0.680. The first-order chi connectivity index (χ1) is 4.83. The Balaban J connectivity index is 1.93. The Morgan fingerprint density at radius 2 is 2.30 bits per heavy atom. The van der Waals surface area contributed by atoms with Crippen molar-refractivity contribution in [2.24, 2.45) is 5.92 Å². The van der Waals surface area contributed by atoms with Crippen LogP contribution in [0.3, 0.4) is 0 Å². The Labute approximate surface area is 71.4 Å². The first-order valence-corrected chi connectivity index (χ1v) is 4.30. The normalized spacial score (nSPS) is 19.6. The van der Waals surface area contributed by atoms with Gasteiger partial charge < -0.3 is 5.32 Å². The van der Waals surface area contributed by atoms with Gasteiger partial charge in [0.2, 0.25) is 0 Å². The third-order valence-corrected chi connectivity index (χ3v) is 2.16. The maximum atomic E-state index is 5.64. The third-order valence-electron chi connectivity index (χ3n) is 1.54. The first kappa shape index (κ1) is 8.38. The SMILES string of the molecule is ClC=C(Cl)CNCC1CC1. The van der Waals surface area contributed by atoms with Crippen LogP contribution < -0.4 is 5.32 Å². The zero-order valence-corrected chi connectivity index (χ0v) is 7.25. The Hall–Kier alpha value is 0.280. The highest BCUT2D eigenvalue weighted by Gasteiger charge is 2.19. The minimum absolute atomic E-state index is 0.683. The average molecular weight is 180 g/mol. The van der Waals surface area contributed by atoms with E-state index >= 15 is 0 Å². The second-order valence-corrected chi connectivity index (χ2v) is 3.33. The van der Waals surface area contributed by atoms with Crippen LogP contribution in [0.15, 0.2) is 10.6 Å². The summed E-state index contributed by atoms with van der Waals surface area (Å²) in [5, 5.41) is 3.90. The van der Waals surface area contributed by atoms with E-state index in [-0.39, 0.29) is 0 Å². The lowest BCUT2D eigenvalue weighted by Gasteiger charge is -1.99. The number of halogens is 2. The van der Waals surface area contributed by atoms with E-state index in [1.807, 2.05) is 0 Å². The summed E-state index contributed by atoms with van der Waals surface area (Å²) in [7, 11) is 0. The van der Waals surface area contributed by atoms with Crippen LogP contribution in [0.25, 0.3) is 0 Å². The van der Waals surface area contributed by atoms with Gasteiger partial charge in [-0.2, -0.15) is 0 Å². The average Bonchev–Trinajstić information content (AvgIpc) is 2.71. The molecule has 1 aliphatic carbocycles. The van der Waals surface area contributed by atoms with Crippen molar-refractivity contribution in [3.05, 3.63) is 10.6 Å². The lowest BCUT2D eigenvalue weighted by atomic mass is 10.4. The van der Waals surface area contributed by atoms with Crippen LogP contribution >= 0.6 is 23.2 Å². The van der Waals surface area contributed by atoms with Crippen LogP contribution in [0.4, 0.5) is 0 Å². The standard InChI is InChI=1S/C7H11Cl2N/c8-3-7(9)5-10-4-6-1-2-6/h3,6,10H,1-2,4-5H2. The summed E-state index contributed by atoms with van der Waals surface area (Å²) in [4.78, 5) is 0. The van der Waals surface area contributed by atoms with Crippen molar-refractivity contribution in [3.63, 3.8) is 0 Å². The van der Waals surface area contributed by atoms with Crippen molar-refractivity contribution in [1.82, 2.24) is 5.32 Å². The molecule has 0 aromatic heterocycles. The first-order valence-electron chi connectivity index (χ1n) is 3.48. The molecule has 0 aromatic rings. The summed E-state index contributed by atoms with van der Waals surface area (Å²) in [6.07, 6.45) is 2.74. The van der Waals surface area contributed by atoms with E-state index in [0.717, 1.165) is 12.5 Å². The Morgan fingerprint density at radius 3 is 2.80 bits per heavy atom. The van der Waals surface area contributed by atoms with Crippen molar-refractivity contribution >= 4 is 23.2 Å². The molecule has 1 N–H and O–H groups in total. The summed E-state index contributed by atoms with van der Waals surface area (Å²) in [5.74, 6) is 0.903. The van der Waals surface area contributed by atoms with Crippen molar-refractivity contribution in [2.75, 3.05) is 13.1 Å². The van der Waals surface area contributed by atoms with E-state index in [4.69, 9.17) is 23.2 Å². The van der Waals surface area contributed by atoms with Gasteiger partial charge in [-0.05, 0) is 25.3 Å². The summed E-state index contributed by atoms with van der Waals surface area (Å²) < 4.78 is 0. The molecule has 0 aliphatic heterocycles. The molecule has 10 heavy (non-hydrogen) atoms. The van der Waals surface area contributed by atoms with Crippen LogP contribution in [0.1, 0.15) is 12.8 Å². The molecule has 1 fully saturated rings. The van der Waals surface area contributed by atoms with Crippen LogP contribution in [-0.4, -0.2) is 13.1 Å². The highest BCUT2D eigenvalue weighted by atomic mass is 35.5. The quantitative estimate of drug-likeness (QED) is 0.699. The van der Waals surface area contributed by atoms with E-state index in [1.165, 1.54) is 18.4 Å². The van der Waals surface area contributed by atoms with Crippen LogP contribution in [-0.2, 0) is 0 Å². The molecule has 0 saturated heterocycles. The summed E-state index contributed by atoms with van der Waals surface area (Å²) >= 11 is 11.0. The fraction of sp³-hybridized carbons (Fsp3) is 0.714. The topological polar surface area (TPSA) is 12.0 Å². The lowest BCUT2D eigenvalue weighted by Crippen LogP contribution is -2.17. The molecule has 0 unspecified atom stereocenters. The van der Waals surface area contributed by atoms with Gasteiger partial charge in [-0.1, -0.05) is 23.2 Å². The molecular formula is C7H11Cl2N. The van der Waals surface area contributed by atoms with Gasteiger partial charge in [-0.25, -0.2) is 0 Å². The third kappa shape index (κ3) is 3.45. The van der Waals surface area contributed by atoms with Crippen molar-refractivity contribution in [2.45, 2.75) is 12.8 Å². The number of rotatable bonds is 4. The molecule has 3 heteroatoms. The van der Waals surface area contributed by atoms with E-state index in [2.05, 4.69) is 5.32 Å². The predicted molar refractivity (Wildman–Crippen MR) is 45.4 cm³/mol. The highest BCUT2D eigenvalue weighted by molar-refractivity contribution is 6.36. The molecule has 58 valence electrons. The number of hydrogen-bond acceptors (Lipinski definition) is 1. The van der Waals surface area contributed by atoms with Crippen LogP contribution in [0, 0.1) is 5.92 Å². The van der Waals surface area contributed by atoms with Gasteiger partial charge in [-0.3, -0.25) is 0 Å². The Morgan fingerprint density at radius 1 is 1.60 bits per heavy atom. The summed E-state index contributed by atoms with van der Waals surface area (Å²) in [6.45, 7) is 1.79. The fourth-order valence-corrected chi connectivity index (χ4v) is 0.928. The molecule has 0 heterocycles. The van der Waals surface area contributed by atoms with E-state index in [0.29, 0.717) is 11.6 Å². The van der Waals surface area contributed by atoms with E-state index < -0.39 is 0 Å². The van der Waals surface area contributed by atoms with Crippen LogP contribution in [0.5, 0.6) is 0 Å². The van der Waals surface area contributed by atoms with Gasteiger partial charge >= 0.3 is 0 Å². The van der Waals surface area contributed by atoms with Gasteiger partial charge in [0.25, 0.3) is 0 Å². The number of nitrogens with one attached hydrogen (secondary N) is 1. The van der Waals surface area contributed by atoms with Crippen molar-refractivity contribution in [3.8, 4) is 0 Å². The molecule has 0 bridgehead atoms. The maximum absolute atomic E-state index is 5.64.